The molecule has 0 aliphatic carbocycles. The van der Waals surface area contributed by atoms with Crippen molar-refractivity contribution in [3.05, 3.63) is 30.3 Å². The molecular formula is C12H17ClMgO. The Hall–Kier alpha value is 0.0762. The second-order valence-electron chi connectivity index (χ2n) is 3.14. The molecule has 0 saturated heterocycles. The maximum atomic E-state index is 5.50. The van der Waals surface area contributed by atoms with E-state index in [9.17, 15) is 0 Å². The van der Waals surface area contributed by atoms with E-state index in [1.54, 1.807) is 0 Å². The van der Waals surface area contributed by atoms with Gasteiger partial charge in [-0.2, -0.15) is 18.2 Å². The van der Waals surface area contributed by atoms with Crippen molar-refractivity contribution in [3.8, 4) is 5.75 Å². The fourth-order valence-corrected chi connectivity index (χ4v) is 1.18. The summed E-state index contributed by atoms with van der Waals surface area (Å²) >= 11 is 0. The molecule has 15 heavy (non-hydrogen) atoms. The molecule has 1 rings (SSSR count). The minimum Gasteiger partial charge on any atom is -1.00 e. The first kappa shape index (κ1) is 17.5. The average molecular weight is 237 g/mol. The minimum absolute atomic E-state index is 0. The Morgan fingerprint density at radius 1 is 1.20 bits per heavy atom. The molecule has 0 aromatic heterocycles. The number of unbranched alkanes of at least 4 members (excludes halogenated alkanes) is 3. The minimum atomic E-state index is 0. The molecule has 0 fully saturated rings. The zero-order valence-electron chi connectivity index (χ0n) is 9.34. The SMILES string of the molecule is CCCCCCOc1[c-]cccc1.[Cl-].[Mg+2]. The van der Waals surface area contributed by atoms with Crippen LogP contribution in [0.5, 0.6) is 5.75 Å². The summed E-state index contributed by atoms with van der Waals surface area (Å²) in [7, 11) is 0. The Bertz CT molecular complexity index is 216. The van der Waals surface area contributed by atoms with Gasteiger partial charge in [0.15, 0.2) is 0 Å². The van der Waals surface area contributed by atoms with E-state index in [1.165, 1.54) is 19.3 Å². The second-order valence-corrected chi connectivity index (χ2v) is 3.14. The number of rotatable bonds is 6. The van der Waals surface area contributed by atoms with Crippen molar-refractivity contribution in [2.45, 2.75) is 32.6 Å². The van der Waals surface area contributed by atoms with Crippen LogP contribution < -0.4 is 17.1 Å². The molecule has 0 amide bonds. The van der Waals surface area contributed by atoms with E-state index in [0.717, 1.165) is 18.8 Å². The molecule has 1 nitrogen and oxygen atoms in total. The molecule has 1 aromatic carbocycles. The van der Waals surface area contributed by atoms with Crippen molar-refractivity contribution in [2.75, 3.05) is 6.61 Å². The summed E-state index contributed by atoms with van der Waals surface area (Å²) in [5.74, 6) is 0.860. The molecular weight excluding hydrogens is 220 g/mol. The summed E-state index contributed by atoms with van der Waals surface area (Å²) in [6.07, 6.45) is 5.00. The number of hydrogen-bond donors (Lipinski definition) is 0. The van der Waals surface area contributed by atoms with Gasteiger partial charge in [0, 0.05) is 5.75 Å². The number of benzene rings is 1. The third-order valence-corrected chi connectivity index (χ3v) is 1.94. The first-order valence-corrected chi connectivity index (χ1v) is 5.03. The van der Waals surface area contributed by atoms with Gasteiger partial charge in [0.25, 0.3) is 0 Å². The molecule has 0 bridgehead atoms. The molecule has 0 spiro atoms. The molecule has 80 valence electrons. The zero-order chi connectivity index (χ0) is 9.36. The summed E-state index contributed by atoms with van der Waals surface area (Å²) in [5.41, 5.74) is 0. The van der Waals surface area contributed by atoms with E-state index in [4.69, 9.17) is 4.74 Å². The predicted octanol–water partition coefficient (Wildman–Crippen LogP) is 0.0691. The van der Waals surface area contributed by atoms with Gasteiger partial charge in [0.2, 0.25) is 0 Å². The van der Waals surface area contributed by atoms with Crippen LogP contribution in [-0.2, 0) is 0 Å². The van der Waals surface area contributed by atoms with Crippen molar-refractivity contribution in [2.24, 2.45) is 0 Å². The topological polar surface area (TPSA) is 9.23 Å². The van der Waals surface area contributed by atoms with Crippen LogP contribution in [0.2, 0.25) is 0 Å². The average Bonchev–Trinajstić information content (AvgIpc) is 2.19. The van der Waals surface area contributed by atoms with Gasteiger partial charge in [-0.25, -0.2) is 0 Å². The van der Waals surface area contributed by atoms with E-state index >= 15 is 0 Å². The fraction of sp³-hybridized carbons (Fsp3) is 0.500. The van der Waals surface area contributed by atoms with Crippen molar-refractivity contribution < 1.29 is 17.1 Å². The molecule has 0 heterocycles. The van der Waals surface area contributed by atoms with E-state index in [1.807, 2.05) is 24.3 Å². The monoisotopic (exact) mass is 236 g/mol. The van der Waals surface area contributed by atoms with Crippen LogP contribution in [0, 0.1) is 6.07 Å². The van der Waals surface area contributed by atoms with Crippen LogP contribution in [-0.4, -0.2) is 29.7 Å². The zero-order valence-corrected chi connectivity index (χ0v) is 11.5. The van der Waals surface area contributed by atoms with E-state index in [2.05, 4.69) is 13.0 Å². The summed E-state index contributed by atoms with van der Waals surface area (Å²) < 4.78 is 5.50. The normalized spacial score (nSPS) is 8.60. The maximum absolute atomic E-state index is 5.50. The van der Waals surface area contributed by atoms with Gasteiger partial charge in [-0.3, -0.25) is 0 Å². The van der Waals surface area contributed by atoms with E-state index in [0.29, 0.717) is 0 Å². The third kappa shape index (κ3) is 9.03. The first-order chi connectivity index (χ1) is 6.43. The van der Waals surface area contributed by atoms with Crippen molar-refractivity contribution >= 4 is 23.1 Å². The summed E-state index contributed by atoms with van der Waals surface area (Å²) in [4.78, 5) is 0. The van der Waals surface area contributed by atoms with Crippen LogP contribution in [0.15, 0.2) is 24.3 Å². The first-order valence-electron chi connectivity index (χ1n) is 5.03. The van der Waals surface area contributed by atoms with Gasteiger partial charge >= 0.3 is 23.1 Å². The maximum Gasteiger partial charge on any atom is 2.00 e. The Kier molecular flexibility index (Phi) is 14.1. The van der Waals surface area contributed by atoms with Crippen molar-refractivity contribution in [1.29, 1.82) is 0 Å². The quantitative estimate of drug-likeness (QED) is 0.386. The van der Waals surface area contributed by atoms with Gasteiger partial charge in [-0.05, 0) is 6.42 Å². The largest absolute Gasteiger partial charge is 2.00 e. The number of halogens is 1. The molecule has 0 saturated carbocycles. The molecule has 1 aromatic rings. The van der Waals surface area contributed by atoms with E-state index in [-0.39, 0.29) is 35.5 Å². The van der Waals surface area contributed by atoms with Gasteiger partial charge in [-0.1, -0.05) is 26.2 Å². The van der Waals surface area contributed by atoms with Crippen molar-refractivity contribution in [1.82, 2.24) is 0 Å². The Balaban J connectivity index is 0. The summed E-state index contributed by atoms with van der Waals surface area (Å²) in [6.45, 7) is 3.03. The van der Waals surface area contributed by atoms with Gasteiger partial charge in [0.1, 0.15) is 0 Å². The third-order valence-electron chi connectivity index (χ3n) is 1.94. The van der Waals surface area contributed by atoms with Gasteiger partial charge in [-0.15, -0.1) is 12.1 Å². The standard InChI is InChI=1S/C12H17O.ClH.Mg/c1-2-3-4-8-11-13-12-9-6-5-7-10-12;;/h5-7,9H,2-4,8,11H2,1H3;1H;/q-1;;+2/p-1. The molecule has 0 unspecified atom stereocenters. The summed E-state index contributed by atoms with van der Waals surface area (Å²) in [6, 6.07) is 10.8. The van der Waals surface area contributed by atoms with Gasteiger partial charge < -0.3 is 17.1 Å². The Morgan fingerprint density at radius 3 is 2.60 bits per heavy atom. The van der Waals surface area contributed by atoms with Crippen molar-refractivity contribution in [3.63, 3.8) is 0 Å². The Labute approximate surface area is 115 Å². The number of hydrogen-bond acceptors (Lipinski definition) is 1. The van der Waals surface area contributed by atoms with Crippen LogP contribution in [0.25, 0.3) is 0 Å². The smallest absolute Gasteiger partial charge is 1.00 e. The van der Waals surface area contributed by atoms with Crippen LogP contribution >= 0.6 is 0 Å². The Morgan fingerprint density at radius 2 is 2.00 bits per heavy atom. The number of ether oxygens (including phenoxy) is 1. The van der Waals surface area contributed by atoms with Crippen LogP contribution in [0.1, 0.15) is 32.6 Å². The van der Waals surface area contributed by atoms with Gasteiger partial charge in [0.05, 0.1) is 6.61 Å². The number of para-hydroxylation sites is 1. The molecule has 0 radical (unpaired) electrons. The van der Waals surface area contributed by atoms with Crippen LogP contribution in [0.3, 0.4) is 0 Å². The molecule has 0 N–H and O–H groups in total. The second kappa shape index (κ2) is 12.1. The van der Waals surface area contributed by atoms with E-state index < -0.39 is 0 Å². The molecule has 0 aliphatic rings. The predicted molar refractivity (Wildman–Crippen MR) is 60.7 cm³/mol. The summed E-state index contributed by atoms with van der Waals surface area (Å²) in [5, 5.41) is 0. The fourth-order valence-electron chi connectivity index (χ4n) is 1.18. The molecule has 3 heteroatoms. The molecule has 0 aliphatic heterocycles. The van der Waals surface area contributed by atoms with Crippen LogP contribution in [0.4, 0.5) is 0 Å². The molecule has 0 atom stereocenters.